The summed E-state index contributed by atoms with van der Waals surface area (Å²) in [6, 6.07) is -0.987. The minimum absolute atomic E-state index is 0.181. The monoisotopic (exact) mass is 908 g/mol. The van der Waals surface area contributed by atoms with Crippen molar-refractivity contribution >= 4 is 5.91 Å². The highest BCUT2D eigenvalue weighted by Crippen LogP contribution is 2.33. The van der Waals surface area contributed by atoms with E-state index in [0.29, 0.717) is 12.8 Å². The molecular formula is C44H77NO18. The molecule has 0 aliphatic carbocycles. The Balaban J connectivity index is 1.51. The lowest BCUT2D eigenvalue weighted by atomic mass is 9.96. The molecular weight excluding hydrogens is 830 g/mol. The fourth-order valence-corrected chi connectivity index (χ4v) is 7.56. The first-order valence-electron chi connectivity index (χ1n) is 22.7. The summed E-state index contributed by atoms with van der Waals surface area (Å²) in [5.41, 5.74) is 0. The lowest BCUT2D eigenvalue weighted by molar-refractivity contribution is -0.379. The number of aliphatic hydroxyl groups excluding tert-OH is 11. The summed E-state index contributed by atoms with van der Waals surface area (Å²) in [5, 5.41) is 118. The topological polar surface area (TPSA) is 307 Å². The van der Waals surface area contributed by atoms with Crippen LogP contribution in [0.15, 0.2) is 36.5 Å². The number of allylic oxidation sites excluding steroid dienone is 5. The molecule has 17 atom stereocenters. The number of rotatable bonds is 29. The zero-order valence-corrected chi connectivity index (χ0v) is 36.8. The average Bonchev–Trinajstić information content (AvgIpc) is 3.27. The molecule has 0 saturated carbocycles. The molecule has 17 unspecified atom stereocenters. The molecule has 3 fully saturated rings. The minimum atomic E-state index is -1.98. The van der Waals surface area contributed by atoms with Gasteiger partial charge in [0.1, 0.15) is 73.2 Å². The number of carbonyl (C=O) groups is 1. The maximum absolute atomic E-state index is 12.6. The third-order valence-electron chi connectivity index (χ3n) is 11.4. The van der Waals surface area contributed by atoms with E-state index in [1.54, 1.807) is 6.08 Å². The van der Waals surface area contributed by atoms with Gasteiger partial charge in [-0.15, -0.1) is 0 Å². The standard InChI is InChI=1S/C44H77NO18/c1-3-5-6-7-8-9-10-11-12-13-14-15-16-17-18-19-20-22-28(49)27(45-32(50)21-4-2)26-58-42-38(56)35(53)40(30(24-47)60-42)63-44-39(57)36(54)41(31(25-48)61-44)62-43-37(55)34(52)33(51)29(23-46)59-43/h12-13,16-17,20,22,27-31,33-44,46-49,51-57H,3-11,14-15,18-19,21,23-26H2,1-2H3,(H,45,50)/b13-12+,17-16+,22-20+. The van der Waals surface area contributed by atoms with Crippen LogP contribution in [0.4, 0.5) is 0 Å². The molecule has 3 aliphatic heterocycles. The lowest BCUT2D eigenvalue weighted by Gasteiger charge is -2.48. The van der Waals surface area contributed by atoms with Crippen LogP contribution in [-0.4, -0.2) is 193 Å². The van der Waals surface area contributed by atoms with Gasteiger partial charge in [0.05, 0.1) is 38.6 Å². The Morgan fingerprint density at radius 3 is 1.56 bits per heavy atom. The second-order valence-corrected chi connectivity index (χ2v) is 16.5. The van der Waals surface area contributed by atoms with Crippen LogP contribution < -0.4 is 5.32 Å². The summed E-state index contributed by atoms with van der Waals surface area (Å²) in [7, 11) is 0. The van der Waals surface area contributed by atoms with Gasteiger partial charge in [-0.1, -0.05) is 88.8 Å². The quantitative estimate of drug-likeness (QED) is 0.0332. The number of hydrogen-bond donors (Lipinski definition) is 12. The molecule has 19 heteroatoms. The first-order chi connectivity index (χ1) is 30.3. The number of hydrogen-bond acceptors (Lipinski definition) is 18. The number of amides is 1. The Hall–Kier alpha value is -1.99. The van der Waals surface area contributed by atoms with Gasteiger partial charge in [-0.2, -0.15) is 0 Å². The van der Waals surface area contributed by atoms with Gasteiger partial charge in [-0.3, -0.25) is 4.79 Å². The van der Waals surface area contributed by atoms with Crippen molar-refractivity contribution in [1.29, 1.82) is 0 Å². The van der Waals surface area contributed by atoms with E-state index < -0.39 is 124 Å². The normalized spacial score (nSPS) is 35.2. The molecule has 12 N–H and O–H groups in total. The fraction of sp³-hybridized carbons (Fsp3) is 0.841. The number of unbranched alkanes of at least 4 members (excludes halogenated alkanes) is 9. The van der Waals surface area contributed by atoms with E-state index in [9.17, 15) is 61.0 Å². The van der Waals surface area contributed by atoms with Crippen molar-refractivity contribution in [1.82, 2.24) is 5.32 Å². The van der Waals surface area contributed by atoms with E-state index in [2.05, 4.69) is 36.5 Å². The summed E-state index contributed by atoms with van der Waals surface area (Å²) >= 11 is 0. The molecule has 3 saturated heterocycles. The largest absolute Gasteiger partial charge is 0.394 e. The second-order valence-electron chi connectivity index (χ2n) is 16.5. The van der Waals surface area contributed by atoms with Gasteiger partial charge >= 0.3 is 0 Å². The molecule has 0 aromatic rings. The van der Waals surface area contributed by atoms with Crippen LogP contribution in [0.5, 0.6) is 0 Å². The average molecular weight is 908 g/mol. The lowest BCUT2D eigenvalue weighted by Crippen LogP contribution is -2.66. The Morgan fingerprint density at radius 1 is 0.556 bits per heavy atom. The van der Waals surface area contributed by atoms with Gasteiger partial charge in [0, 0.05) is 6.42 Å². The molecule has 19 nitrogen and oxygen atoms in total. The van der Waals surface area contributed by atoms with Crippen LogP contribution in [0.1, 0.15) is 104 Å². The zero-order chi connectivity index (χ0) is 46.3. The molecule has 0 bridgehead atoms. The highest BCUT2D eigenvalue weighted by molar-refractivity contribution is 5.76. The molecule has 63 heavy (non-hydrogen) atoms. The van der Waals surface area contributed by atoms with Crippen molar-refractivity contribution in [3.63, 3.8) is 0 Å². The van der Waals surface area contributed by atoms with Crippen molar-refractivity contribution in [3.8, 4) is 0 Å². The molecule has 3 rings (SSSR count). The van der Waals surface area contributed by atoms with Gasteiger partial charge in [0.2, 0.25) is 5.91 Å². The summed E-state index contributed by atoms with van der Waals surface area (Å²) < 4.78 is 33.7. The maximum Gasteiger partial charge on any atom is 0.220 e. The van der Waals surface area contributed by atoms with E-state index in [4.69, 9.17) is 28.4 Å². The molecule has 3 aliphatic rings. The third-order valence-corrected chi connectivity index (χ3v) is 11.4. The van der Waals surface area contributed by atoms with Gasteiger partial charge in [-0.05, 0) is 44.9 Å². The molecule has 3 heterocycles. The van der Waals surface area contributed by atoms with Crippen LogP contribution in [0.2, 0.25) is 0 Å². The van der Waals surface area contributed by atoms with Gasteiger partial charge in [0.25, 0.3) is 0 Å². The molecule has 1 amide bonds. The number of nitrogens with one attached hydrogen (secondary N) is 1. The van der Waals surface area contributed by atoms with Crippen LogP contribution in [-0.2, 0) is 33.2 Å². The Morgan fingerprint density at radius 2 is 1.02 bits per heavy atom. The Labute approximate surface area is 370 Å². The van der Waals surface area contributed by atoms with Gasteiger partial charge < -0.3 is 89.9 Å². The van der Waals surface area contributed by atoms with Crippen LogP contribution in [0.25, 0.3) is 0 Å². The predicted molar refractivity (Wildman–Crippen MR) is 226 cm³/mol. The van der Waals surface area contributed by atoms with Crippen LogP contribution in [0.3, 0.4) is 0 Å². The van der Waals surface area contributed by atoms with E-state index in [0.717, 1.165) is 25.7 Å². The van der Waals surface area contributed by atoms with Crippen LogP contribution in [0, 0.1) is 0 Å². The SMILES string of the molecule is CCCCCCCCC/C=C/CC/C=C/CC/C=C/C(O)C(COC1OC(CO)C(OC2OC(CO)C(OC3OC(CO)C(O)C(O)C3O)C(O)C2O)C(O)C1O)NC(=O)CCC. The van der Waals surface area contributed by atoms with E-state index in [1.165, 1.54) is 51.0 Å². The zero-order valence-electron chi connectivity index (χ0n) is 36.8. The summed E-state index contributed by atoms with van der Waals surface area (Å²) in [6.07, 6.45) is -0.586. The van der Waals surface area contributed by atoms with E-state index >= 15 is 0 Å². The highest BCUT2D eigenvalue weighted by atomic mass is 16.8. The number of aliphatic hydroxyl groups is 11. The second kappa shape index (κ2) is 30.3. The Bertz CT molecular complexity index is 1320. The fourth-order valence-electron chi connectivity index (χ4n) is 7.56. The molecule has 0 radical (unpaired) electrons. The number of carbonyl (C=O) groups excluding carboxylic acids is 1. The molecule has 0 aromatic heterocycles. The third kappa shape index (κ3) is 17.6. The van der Waals surface area contributed by atoms with Crippen molar-refractivity contribution in [3.05, 3.63) is 36.5 Å². The number of ether oxygens (including phenoxy) is 6. The summed E-state index contributed by atoms with van der Waals surface area (Å²) in [4.78, 5) is 12.6. The molecule has 0 aromatic carbocycles. The van der Waals surface area contributed by atoms with Crippen molar-refractivity contribution in [2.45, 2.75) is 208 Å². The Kier molecular flexibility index (Phi) is 26.6. The van der Waals surface area contributed by atoms with Gasteiger partial charge in [-0.25, -0.2) is 0 Å². The minimum Gasteiger partial charge on any atom is -0.394 e. The van der Waals surface area contributed by atoms with Crippen LogP contribution >= 0.6 is 0 Å². The first kappa shape index (κ1) is 55.3. The van der Waals surface area contributed by atoms with E-state index in [-0.39, 0.29) is 18.9 Å². The first-order valence-corrected chi connectivity index (χ1v) is 22.7. The molecule has 366 valence electrons. The highest BCUT2D eigenvalue weighted by Gasteiger charge is 2.53. The predicted octanol–water partition coefficient (Wildman–Crippen LogP) is -0.533. The van der Waals surface area contributed by atoms with Crippen molar-refractivity contribution < 1.29 is 89.4 Å². The summed E-state index contributed by atoms with van der Waals surface area (Å²) in [6.45, 7) is 1.24. The van der Waals surface area contributed by atoms with Gasteiger partial charge in [0.15, 0.2) is 18.9 Å². The van der Waals surface area contributed by atoms with E-state index in [1.807, 2.05) is 6.92 Å². The smallest absolute Gasteiger partial charge is 0.220 e. The maximum atomic E-state index is 12.6. The van der Waals surface area contributed by atoms with Crippen molar-refractivity contribution in [2.75, 3.05) is 26.4 Å². The molecule has 0 spiro atoms. The summed E-state index contributed by atoms with van der Waals surface area (Å²) in [5.74, 6) is -0.347. The van der Waals surface area contributed by atoms with Crippen molar-refractivity contribution in [2.24, 2.45) is 0 Å².